The van der Waals surface area contributed by atoms with E-state index in [1.807, 2.05) is 54.6 Å². The standard InChI is InChI=1S/C26H24N2O5.ClH/c1-31-24-15-17(13-20-19-5-3-4-6-22(19)28-25(20)29)9-12-23(24)33-18-10-7-16(8-11-18)14-21(27)26(30)32-2;/h3-13,15,21H,14,27H2,1-2H3,(H,28,29);1H. The fraction of sp³-hybridized carbons (Fsp3) is 0.154. The second-order valence-electron chi connectivity index (χ2n) is 7.55. The SMILES string of the molecule is COC(=O)C(N)Cc1ccc(Oc2ccc(C=C3C(=O)Nc4ccccc43)cc2OC)cc1.Cl. The zero-order valence-corrected chi connectivity index (χ0v) is 19.6. The summed E-state index contributed by atoms with van der Waals surface area (Å²) in [5.41, 5.74) is 9.79. The number of hydrogen-bond donors (Lipinski definition) is 2. The summed E-state index contributed by atoms with van der Waals surface area (Å²) < 4.78 is 16.2. The van der Waals surface area contributed by atoms with Gasteiger partial charge in [-0.15, -0.1) is 12.4 Å². The molecule has 0 bridgehead atoms. The summed E-state index contributed by atoms with van der Waals surface area (Å²) in [6, 6.07) is 19.6. The van der Waals surface area contributed by atoms with Crippen LogP contribution in [0.5, 0.6) is 17.2 Å². The van der Waals surface area contributed by atoms with E-state index in [-0.39, 0.29) is 18.3 Å². The number of hydrogen-bond acceptors (Lipinski definition) is 6. The minimum absolute atomic E-state index is 0. The number of anilines is 1. The van der Waals surface area contributed by atoms with Crippen molar-refractivity contribution in [3.8, 4) is 17.2 Å². The molecule has 0 radical (unpaired) electrons. The third-order valence-corrected chi connectivity index (χ3v) is 5.32. The van der Waals surface area contributed by atoms with Crippen molar-refractivity contribution in [3.63, 3.8) is 0 Å². The van der Waals surface area contributed by atoms with Gasteiger partial charge in [0, 0.05) is 16.8 Å². The van der Waals surface area contributed by atoms with Gasteiger partial charge in [-0.1, -0.05) is 36.4 Å². The highest BCUT2D eigenvalue weighted by molar-refractivity contribution is 6.34. The van der Waals surface area contributed by atoms with Gasteiger partial charge in [-0.3, -0.25) is 9.59 Å². The first-order valence-electron chi connectivity index (χ1n) is 10.4. The molecule has 0 fully saturated rings. The Kier molecular flexibility index (Phi) is 7.94. The molecule has 0 aromatic heterocycles. The van der Waals surface area contributed by atoms with E-state index < -0.39 is 12.0 Å². The van der Waals surface area contributed by atoms with Gasteiger partial charge in [-0.2, -0.15) is 0 Å². The average Bonchev–Trinajstić information content (AvgIpc) is 3.15. The van der Waals surface area contributed by atoms with Crippen LogP contribution in [-0.4, -0.2) is 32.1 Å². The van der Waals surface area contributed by atoms with Crippen LogP contribution in [0.3, 0.4) is 0 Å². The van der Waals surface area contributed by atoms with Gasteiger partial charge in [0.2, 0.25) is 0 Å². The highest BCUT2D eigenvalue weighted by atomic mass is 35.5. The maximum atomic E-state index is 12.4. The smallest absolute Gasteiger partial charge is 0.322 e. The normalized spacial score (nSPS) is 14.0. The Morgan fingerprint density at radius 1 is 1.03 bits per heavy atom. The zero-order chi connectivity index (χ0) is 23.4. The largest absolute Gasteiger partial charge is 0.493 e. The van der Waals surface area contributed by atoms with Crippen molar-refractivity contribution in [1.82, 2.24) is 0 Å². The summed E-state index contributed by atoms with van der Waals surface area (Å²) in [5.74, 6) is 1.10. The number of methoxy groups -OCH3 is 2. The second-order valence-corrected chi connectivity index (χ2v) is 7.55. The predicted octanol–water partition coefficient (Wildman–Crippen LogP) is 4.44. The monoisotopic (exact) mass is 480 g/mol. The van der Waals surface area contributed by atoms with E-state index in [0.717, 1.165) is 22.4 Å². The van der Waals surface area contributed by atoms with Crippen LogP contribution in [0.4, 0.5) is 5.69 Å². The van der Waals surface area contributed by atoms with Crippen molar-refractivity contribution in [2.75, 3.05) is 19.5 Å². The number of para-hydroxylation sites is 1. The van der Waals surface area contributed by atoms with Crippen molar-refractivity contribution in [2.24, 2.45) is 5.73 Å². The Morgan fingerprint density at radius 3 is 2.47 bits per heavy atom. The lowest BCUT2D eigenvalue weighted by molar-refractivity contribution is -0.142. The van der Waals surface area contributed by atoms with E-state index in [2.05, 4.69) is 10.1 Å². The molecule has 0 spiro atoms. The minimum Gasteiger partial charge on any atom is -0.493 e. The Hall–Kier alpha value is -3.81. The number of amides is 1. The summed E-state index contributed by atoms with van der Waals surface area (Å²) in [6.07, 6.45) is 2.20. The molecule has 4 rings (SSSR count). The molecule has 0 saturated heterocycles. The molecule has 3 aromatic carbocycles. The van der Waals surface area contributed by atoms with Gasteiger partial charge in [0.15, 0.2) is 11.5 Å². The number of nitrogens with two attached hydrogens (primary N) is 1. The van der Waals surface area contributed by atoms with Gasteiger partial charge in [0.25, 0.3) is 5.91 Å². The van der Waals surface area contributed by atoms with Gasteiger partial charge >= 0.3 is 5.97 Å². The number of carbonyl (C=O) groups excluding carboxylic acids is 2. The molecule has 1 aliphatic rings. The highest BCUT2D eigenvalue weighted by Gasteiger charge is 2.23. The topological polar surface area (TPSA) is 99.9 Å². The number of esters is 1. The summed E-state index contributed by atoms with van der Waals surface area (Å²) >= 11 is 0. The molecule has 8 heteroatoms. The minimum atomic E-state index is -0.711. The van der Waals surface area contributed by atoms with Crippen LogP contribution >= 0.6 is 12.4 Å². The van der Waals surface area contributed by atoms with Crippen LogP contribution in [0.1, 0.15) is 16.7 Å². The molecule has 0 saturated carbocycles. The Bertz CT molecular complexity index is 1220. The number of fused-ring (bicyclic) bond motifs is 1. The first-order valence-corrected chi connectivity index (χ1v) is 10.4. The van der Waals surface area contributed by atoms with Crippen molar-refractivity contribution in [3.05, 3.63) is 83.4 Å². The molecule has 7 nitrogen and oxygen atoms in total. The van der Waals surface area contributed by atoms with Crippen LogP contribution in [0.15, 0.2) is 66.7 Å². The second kappa shape index (κ2) is 10.9. The van der Waals surface area contributed by atoms with E-state index in [1.165, 1.54) is 7.11 Å². The van der Waals surface area contributed by atoms with Crippen molar-refractivity contribution >= 4 is 41.6 Å². The Balaban J connectivity index is 0.00000324. The highest BCUT2D eigenvalue weighted by Crippen LogP contribution is 2.36. The van der Waals surface area contributed by atoms with Gasteiger partial charge in [-0.05, 0) is 54.0 Å². The van der Waals surface area contributed by atoms with Crippen molar-refractivity contribution in [1.29, 1.82) is 0 Å². The number of carbonyl (C=O) groups is 2. The van der Waals surface area contributed by atoms with E-state index in [4.69, 9.17) is 15.2 Å². The van der Waals surface area contributed by atoms with Crippen LogP contribution < -0.4 is 20.5 Å². The first-order chi connectivity index (χ1) is 16.0. The molecule has 0 aliphatic carbocycles. The van der Waals surface area contributed by atoms with Crippen LogP contribution in [0.2, 0.25) is 0 Å². The van der Waals surface area contributed by atoms with E-state index in [1.54, 1.807) is 25.3 Å². The molecule has 1 atom stereocenters. The lowest BCUT2D eigenvalue weighted by Gasteiger charge is -2.13. The van der Waals surface area contributed by atoms with E-state index in [0.29, 0.717) is 29.2 Å². The van der Waals surface area contributed by atoms with Crippen molar-refractivity contribution in [2.45, 2.75) is 12.5 Å². The summed E-state index contributed by atoms with van der Waals surface area (Å²) in [6.45, 7) is 0. The molecule has 1 amide bonds. The molecule has 1 unspecified atom stereocenters. The average molecular weight is 481 g/mol. The Morgan fingerprint density at radius 2 is 1.76 bits per heavy atom. The molecular weight excluding hydrogens is 456 g/mol. The molecule has 1 heterocycles. The molecule has 34 heavy (non-hydrogen) atoms. The third-order valence-electron chi connectivity index (χ3n) is 5.32. The molecule has 176 valence electrons. The molecule has 1 aliphatic heterocycles. The number of benzene rings is 3. The number of rotatable bonds is 7. The Labute approximate surface area is 203 Å². The predicted molar refractivity (Wildman–Crippen MR) is 133 cm³/mol. The van der Waals surface area contributed by atoms with Gasteiger partial charge in [-0.25, -0.2) is 0 Å². The number of nitrogens with one attached hydrogen (secondary N) is 1. The van der Waals surface area contributed by atoms with Crippen LogP contribution in [0, 0.1) is 0 Å². The summed E-state index contributed by atoms with van der Waals surface area (Å²) in [5, 5.41) is 2.87. The lowest BCUT2D eigenvalue weighted by Crippen LogP contribution is -2.33. The molecule has 3 aromatic rings. The first kappa shape index (κ1) is 24.8. The van der Waals surface area contributed by atoms with Gasteiger partial charge in [0.05, 0.1) is 14.2 Å². The number of halogens is 1. The fourth-order valence-corrected chi connectivity index (χ4v) is 3.62. The van der Waals surface area contributed by atoms with Crippen LogP contribution in [-0.2, 0) is 20.7 Å². The van der Waals surface area contributed by atoms with Gasteiger partial charge in [0.1, 0.15) is 11.8 Å². The van der Waals surface area contributed by atoms with Crippen molar-refractivity contribution < 1.29 is 23.8 Å². The van der Waals surface area contributed by atoms with E-state index >= 15 is 0 Å². The third kappa shape index (κ3) is 5.39. The fourth-order valence-electron chi connectivity index (χ4n) is 3.62. The molecule has 3 N–H and O–H groups in total. The quantitative estimate of drug-likeness (QED) is 0.383. The maximum Gasteiger partial charge on any atom is 0.322 e. The van der Waals surface area contributed by atoms with Crippen LogP contribution in [0.25, 0.3) is 11.6 Å². The summed E-state index contributed by atoms with van der Waals surface area (Å²) in [7, 11) is 2.88. The zero-order valence-electron chi connectivity index (χ0n) is 18.7. The maximum absolute atomic E-state index is 12.4. The summed E-state index contributed by atoms with van der Waals surface area (Å²) in [4.78, 5) is 23.9. The number of ether oxygens (including phenoxy) is 3. The lowest BCUT2D eigenvalue weighted by atomic mass is 10.0. The van der Waals surface area contributed by atoms with Gasteiger partial charge < -0.3 is 25.3 Å². The molecular formula is C26H25ClN2O5. The van der Waals surface area contributed by atoms with E-state index in [9.17, 15) is 9.59 Å².